The zero-order valence-electron chi connectivity index (χ0n) is 10.9. The van der Waals surface area contributed by atoms with Crippen LogP contribution in [0.3, 0.4) is 0 Å². The number of aromatic nitrogens is 1. The highest BCUT2D eigenvalue weighted by Gasteiger charge is 2.55. The molecule has 0 bridgehead atoms. The lowest BCUT2D eigenvalue weighted by Gasteiger charge is -2.19. The van der Waals surface area contributed by atoms with Crippen LogP contribution in [-0.2, 0) is 6.42 Å². The molecule has 3 heteroatoms. The molecule has 2 aliphatic rings. The largest absolute Gasteiger partial charge is 0.314 e. The van der Waals surface area contributed by atoms with E-state index in [4.69, 9.17) is 0 Å². The first-order valence-corrected chi connectivity index (χ1v) is 7.92. The molecule has 0 amide bonds. The number of hydrogen-bond acceptors (Lipinski definition) is 2. The molecule has 18 heavy (non-hydrogen) atoms. The van der Waals surface area contributed by atoms with Gasteiger partial charge in [-0.1, -0.05) is 13.3 Å². The van der Waals surface area contributed by atoms with Crippen LogP contribution < -0.4 is 5.32 Å². The van der Waals surface area contributed by atoms with Crippen molar-refractivity contribution in [3.63, 3.8) is 0 Å². The fourth-order valence-electron chi connectivity index (χ4n) is 3.83. The van der Waals surface area contributed by atoms with E-state index >= 15 is 0 Å². The van der Waals surface area contributed by atoms with Crippen molar-refractivity contribution in [1.82, 2.24) is 10.3 Å². The topological polar surface area (TPSA) is 24.9 Å². The quantitative estimate of drug-likeness (QED) is 0.901. The van der Waals surface area contributed by atoms with Crippen molar-refractivity contribution in [3.8, 4) is 0 Å². The Kier molecular flexibility index (Phi) is 3.71. The highest BCUT2D eigenvalue weighted by molar-refractivity contribution is 9.10. The summed E-state index contributed by atoms with van der Waals surface area (Å²) in [5, 5.41) is 3.68. The van der Waals surface area contributed by atoms with Gasteiger partial charge in [0.2, 0.25) is 0 Å². The zero-order valence-corrected chi connectivity index (χ0v) is 12.5. The SMILES string of the molecule is CCNC(Cc1ccc(Br)cn1)C1C2CCCC21. The summed E-state index contributed by atoms with van der Waals surface area (Å²) in [5.41, 5.74) is 1.22. The van der Waals surface area contributed by atoms with Gasteiger partial charge in [0.15, 0.2) is 0 Å². The average molecular weight is 309 g/mol. The number of fused-ring (bicyclic) bond motifs is 1. The summed E-state index contributed by atoms with van der Waals surface area (Å²) in [7, 11) is 0. The summed E-state index contributed by atoms with van der Waals surface area (Å²) >= 11 is 3.45. The molecule has 98 valence electrons. The van der Waals surface area contributed by atoms with Crippen molar-refractivity contribution < 1.29 is 0 Å². The molecular formula is C15H21BrN2. The predicted molar refractivity (Wildman–Crippen MR) is 77.4 cm³/mol. The maximum absolute atomic E-state index is 4.52. The van der Waals surface area contributed by atoms with Crippen LogP contribution in [0.5, 0.6) is 0 Å². The monoisotopic (exact) mass is 308 g/mol. The van der Waals surface area contributed by atoms with Gasteiger partial charge in [-0.2, -0.15) is 0 Å². The Morgan fingerprint density at radius 2 is 2.17 bits per heavy atom. The van der Waals surface area contributed by atoms with Crippen molar-refractivity contribution in [2.24, 2.45) is 17.8 Å². The van der Waals surface area contributed by atoms with Crippen LogP contribution in [0, 0.1) is 17.8 Å². The van der Waals surface area contributed by atoms with E-state index in [1.54, 1.807) is 0 Å². The van der Waals surface area contributed by atoms with Gasteiger partial charge in [0.1, 0.15) is 0 Å². The van der Waals surface area contributed by atoms with Gasteiger partial charge in [0.05, 0.1) is 0 Å². The maximum Gasteiger partial charge on any atom is 0.0420 e. The van der Waals surface area contributed by atoms with Gasteiger partial charge < -0.3 is 5.32 Å². The minimum absolute atomic E-state index is 0.638. The Balaban J connectivity index is 1.65. The standard InChI is InChI=1S/C15H21BrN2/c1-2-17-14(15-12-4-3-5-13(12)15)8-11-7-6-10(16)9-18-11/h6-7,9,12-15,17H,2-5,8H2,1H3. The second kappa shape index (κ2) is 5.30. The molecule has 1 N–H and O–H groups in total. The molecule has 2 nitrogen and oxygen atoms in total. The lowest BCUT2D eigenvalue weighted by molar-refractivity contribution is 0.408. The molecule has 2 saturated carbocycles. The second-order valence-corrected chi connectivity index (χ2v) is 6.59. The molecule has 1 aromatic heterocycles. The van der Waals surface area contributed by atoms with Crippen LogP contribution in [0.1, 0.15) is 31.9 Å². The van der Waals surface area contributed by atoms with Crippen LogP contribution in [-0.4, -0.2) is 17.6 Å². The highest BCUT2D eigenvalue weighted by Crippen LogP contribution is 2.59. The van der Waals surface area contributed by atoms with E-state index in [2.05, 4.69) is 45.3 Å². The molecule has 2 aliphatic carbocycles. The van der Waals surface area contributed by atoms with Gasteiger partial charge in [0.25, 0.3) is 0 Å². The Morgan fingerprint density at radius 1 is 1.39 bits per heavy atom. The fraction of sp³-hybridized carbons (Fsp3) is 0.667. The molecule has 3 atom stereocenters. The summed E-state index contributed by atoms with van der Waals surface area (Å²) in [6.45, 7) is 3.28. The second-order valence-electron chi connectivity index (χ2n) is 5.67. The van der Waals surface area contributed by atoms with Gasteiger partial charge in [-0.3, -0.25) is 4.98 Å². The summed E-state index contributed by atoms with van der Waals surface area (Å²) in [6, 6.07) is 4.88. The molecule has 0 saturated heterocycles. The maximum atomic E-state index is 4.52. The molecule has 0 aliphatic heterocycles. The van der Waals surface area contributed by atoms with E-state index in [0.717, 1.165) is 35.2 Å². The molecule has 0 aromatic carbocycles. The Bertz CT molecular complexity index is 393. The van der Waals surface area contributed by atoms with E-state index in [-0.39, 0.29) is 0 Å². The van der Waals surface area contributed by atoms with Gasteiger partial charge in [-0.15, -0.1) is 0 Å². The van der Waals surface area contributed by atoms with E-state index in [9.17, 15) is 0 Å². The third-order valence-electron chi connectivity index (χ3n) is 4.62. The Labute approximate surface area is 118 Å². The first-order chi connectivity index (χ1) is 8.79. The van der Waals surface area contributed by atoms with Gasteiger partial charge in [0, 0.05) is 28.8 Å². The van der Waals surface area contributed by atoms with Crippen LogP contribution in [0.25, 0.3) is 0 Å². The lowest BCUT2D eigenvalue weighted by Crippen LogP contribution is -2.34. The molecule has 3 unspecified atom stereocenters. The molecule has 0 radical (unpaired) electrons. The molecule has 0 spiro atoms. The van der Waals surface area contributed by atoms with Gasteiger partial charge in [-0.05, 0) is 65.2 Å². The molecular weight excluding hydrogens is 288 g/mol. The smallest absolute Gasteiger partial charge is 0.0420 e. The van der Waals surface area contributed by atoms with Gasteiger partial charge >= 0.3 is 0 Å². The van der Waals surface area contributed by atoms with Crippen LogP contribution in [0.2, 0.25) is 0 Å². The Morgan fingerprint density at radius 3 is 2.78 bits per heavy atom. The van der Waals surface area contributed by atoms with Crippen molar-refractivity contribution >= 4 is 15.9 Å². The fourth-order valence-corrected chi connectivity index (χ4v) is 4.07. The summed E-state index contributed by atoms with van der Waals surface area (Å²) in [5.74, 6) is 2.96. The first-order valence-electron chi connectivity index (χ1n) is 7.13. The number of rotatable bonds is 5. The van der Waals surface area contributed by atoms with E-state index in [1.165, 1.54) is 25.0 Å². The van der Waals surface area contributed by atoms with Crippen LogP contribution >= 0.6 is 15.9 Å². The average Bonchev–Trinajstić information content (AvgIpc) is 2.84. The number of pyridine rings is 1. The lowest BCUT2D eigenvalue weighted by atomic mass is 9.99. The van der Waals surface area contributed by atoms with Gasteiger partial charge in [-0.25, -0.2) is 0 Å². The third-order valence-corrected chi connectivity index (χ3v) is 5.09. The molecule has 1 aromatic rings. The molecule has 3 rings (SSSR count). The minimum atomic E-state index is 0.638. The van der Waals surface area contributed by atoms with E-state index in [1.807, 2.05) is 6.20 Å². The number of likely N-dealkylation sites (N-methyl/N-ethyl adjacent to an activating group) is 1. The third kappa shape index (κ3) is 2.48. The van der Waals surface area contributed by atoms with E-state index in [0.29, 0.717) is 6.04 Å². The summed E-state index contributed by atoms with van der Waals surface area (Å²) < 4.78 is 1.06. The first kappa shape index (κ1) is 12.6. The van der Waals surface area contributed by atoms with Crippen molar-refractivity contribution in [1.29, 1.82) is 0 Å². The zero-order chi connectivity index (χ0) is 12.5. The number of nitrogens with zero attached hydrogens (tertiary/aromatic N) is 1. The molecule has 1 heterocycles. The normalized spacial score (nSPS) is 31.1. The minimum Gasteiger partial charge on any atom is -0.314 e. The number of halogens is 1. The highest BCUT2D eigenvalue weighted by atomic mass is 79.9. The van der Waals surface area contributed by atoms with Crippen molar-refractivity contribution in [2.45, 2.75) is 38.6 Å². The predicted octanol–water partition coefficient (Wildman–Crippen LogP) is 3.41. The number of hydrogen-bond donors (Lipinski definition) is 1. The van der Waals surface area contributed by atoms with Crippen molar-refractivity contribution in [3.05, 3.63) is 28.5 Å². The number of nitrogens with one attached hydrogen (secondary N) is 1. The van der Waals surface area contributed by atoms with Crippen LogP contribution in [0.4, 0.5) is 0 Å². The van der Waals surface area contributed by atoms with Crippen LogP contribution in [0.15, 0.2) is 22.8 Å². The molecule has 2 fully saturated rings. The van der Waals surface area contributed by atoms with Crippen molar-refractivity contribution in [2.75, 3.05) is 6.54 Å². The summed E-state index contributed by atoms with van der Waals surface area (Å²) in [4.78, 5) is 4.52. The van der Waals surface area contributed by atoms with E-state index < -0.39 is 0 Å². The summed E-state index contributed by atoms with van der Waals surface area (Å²) in [6.07, 6.45) is 7.38. The Hall–Kier alpha value is -0.410.